The Morgan fingerprint density at radius 1 is 0.840 bits per heavy atom. The second kappa shape index (κ2) is 15.4. The minimum Gasteiger partial charge on any atom is -0.481 e. The van der Waals surface area contributed by atoms with Crippen LogP contribution >= 0.6 is 0 Å². The van der Waals surface area contributed by atoms with Crippen LogP contribution in [0.1, 0.15) is 84.5 Å². The Labute approximate surface area is 152 Å². The van der Waals surface area contributed by atoms with Crippen molar-refractivity contribution < 1.29 is 25.2 Å². The van der Waals surface area contributed by atoms with Crippen molar-refractivity contribution in [1.82, 2.24) is 0 Å². The quantitative estimate of drug-likeness (QED) is 0.249. The molecular weight excluding hydrogens is 320 g/mol. The van der Waals surface area contributed by atoms with Crippen LogP contribution in [0.3, 0.4) is 0 Å². The maximum Gasteiger partial charge on any atom is 0.306 e. The Bertz CT molecular complexity index is 356. The second-order valence-electron chi connectivity index (χ2n) is 6.94. The van der Waals surface area contributed by atoms with Gasteiger partial charge >= 0.3 is 5.97 Å². The molecule has 0 aliphatic carbocycles. The molecule has 4 unspecified atom stereocenters. The second-order valence-corrected chi connectivity index (χ2v) is 6.94. The maximum atomic E-state index is 10.9. The van der Waals surface area contributed by atoms with Crippen LogP contribution in [0.15, 0.2) is 12.2 Å². The van der Waals surface area contributed by atoms with Crippen LogP contribution in [0.2, 0.25) is 0 Å². The van der Waals surface area contributed by atoms with Gasteiger partial charge in [-0.15, -0.1) is 0 Å². The third-order valence-electron chi connectivity index (χ3n) is 4.67. The molecule has 0 heterocycles. The molecule has 0 aromatic carbocycles. The summed E-state index contributed by atoms with van der Waals surface area (Å²) in [5.41, 5.74) is 0. The summed E-state index contributed by atoms with van der Waals surface area (Å²) in [6.45, 7) is 4.00. The molecule has 0 saturated heterocycles. The lowest BCUT2D eigenvalue weighted by Crippen LogP contribution is -2.24. The topological polar surface area (TPSA) is 98.0 Å². The summed E-state index contributed by atoms with van der Waals surface area (Å²) >= 11 is 0. The molecule has 0 amide bonds. The van der Waals surface area contributed by atoms with Gasteiger partial charge in [0.25, 0.3) is 0 Å². The highest BCUT2D eigenvalue weighted by molar-refractivity contribution is 5.69. The number of carbonyl (C=O) groups is 1. The van der Waals surface area contributed by atoms with Crippen LogP contribution in [-0.4, -0.2) is 44.7 Å². The highest BCUT2D eigenvalue weighted by atomic mass is 16.4. The fourth-order valence-electron chi connectivity index (χ4n) is 2.84. The molecule has 25 heavy (non-hydrogen) atoms. The molecule has 0 aliphatic rings. The van der Waals surface area contributed by atoms with E-state index in [1.54, 1.807) is 6.08 Å². The summed E-state index contributed by atoms with van der Waals surface area (Å²) in [7, 11) is 0. The summed E-state index contributed by atoms with van der Waals surface area (Å²) in [5, 5.41) is 38.6. The third kappa shape index (κ3) is 13.0. The predicted molar refractivity (Wildman–Crippen MR) is 100 cm³/mol. The highest BCUT2D eigenvalue weighted by Gasteiger charge is 2.15. The van der Waals surface area contributed by atoms with Crippen LogP contribution in [-0.2, 0) is 4.79 Å². The molecule has 0 aromatic rings. The summed E-state index contributed by atoms with van der Waals surface area (Å²) in [6.07, 6.45) is 9.98. The van der Waals surface area contributed by atoms with E-state index in [2.05, 4.69) is 6.92 Å². The fraction of sp³-hybridized carbons (Fsp3) is 0.850. The molecule has 4 N–H and O–H groups in total. The van der Waals surface area contributed by atoms with Crippen molar-refractivity contribution in [3.8, 4) is 0 Å². The van der Waals surface area contributed by atoms with Crippen molar-refractivity contribution in [2.45, 2.75) is 103 Å². The van der Waals surface area contributed by atoms with Crippen molar-refractivity contribution in [2.75, 3.05) is 0 Å². The average molecular weight is 359 g/mol. The summed E-state index contributed by atoms with van der Waals surface area (Å²) in [6, 6.07) is 0. The Kier molecular flexibility index (Phi) is 14.8. The zero-order valence-corrected chi connectivity index (χ0v) is 15.9. The predicted octanol–water partition coefficient (Wildman–Crippen LogP) is 3.66. The lowest BCUT2D eigenvalue weighted by atomic mass is 9.97. The summed E-state index contributed by atoms with van der Waals surface area (Å²) in [5.74, 6) is -0.967. The normalized spacial score (nSPS) is 16.7. The Morgan fingerprint density at radius 3 is 2.00 bits per heavy atom. The highest BCUT2D eigenvalue weighted by Crippen LogP contribution is 2.16. The zero-order chi connectivity index (χ0) is 19.1. The minimum absolute atomic E-state index is 0.249. The first-order chi connectivity index (χ1) is 11.9. The van der Waals surface area contributed by atoms with Crippen LogP contribution in [0.5, 0.6) is 0 Å². The smallest absolute Gasteiger partial charge is 0.306 e. The van der Waals surface area contributed by atoms with Gasteiger partial charge < -0.3 is 20.4 Å². The average Bonchev–Trinajstić information content (AvgIpc) is 2.58. The van der Waals surface area contributed by atoms with Gasteiger partial charge in [0.05, 0.1) is 24.2 Å². The first-order valence-corrected chi connectivity index (χ1v) is 9.87. The largest absolute Gasteiger partial charge is 0.481 e. The molecule has 148 valence electrons. The van der Waals surface area contributed by atoms with Crippen LogP contribution in [0.4, 0.5) is 0 Å². The molecule has 4 atom stereocenters. The van der Waals surface area contributed by atoms with E-state index in [1.165, 1.54) is 6.08 Å². The van der Waals surface area contributed by atoms with Gasteiger partial charge in [-0.1, -0.05) is 70.9 Å². The number of rotatable bonds is 16. The fourth-order valence-corrected chi connectivity index (χ4v) is 2.84. The number of unbranched alkanes of at least 4 members (excludes halogenated alkanes) is 5. The Hall–Kier alpha value is -0.910. The summed E-state index contributed by atoms with van der Waals surface area (Å²) in [4.78, 5) is 10.9. The van der Waals surface area contributed by atoms with Crippen molar-refractivity contribution in [3.05, 3.63) is 12.2 Å². The van der Waals surface area contributed by atoms with E-state index in [9.17, 15) is 20.1 Å². The molecule has 0 fully saturated rings. The standard InChI is InChI=1S/C20H38O5/c1-3-5-8-12-17(21)14-15-19(23)18(22)13-10-7-6-9-11-16(4-2)20(24)25/h14-19,21-23H,3-13H2,1-2H3,(H,24,25)/b15-14+. The van der Waals surface area contributed by atoms with Crippen molar-refractivity contribution in [2.24, 2.45) is 5.92 Å². The van der Waals surface area contributed by atoms with E-state index in [0.29, 0.717) is 25.7 Å². The van der Waals surface area contributed by atoms with E-state index < -0.39 is 24.3 Å². The number of carboxylic acids is 1. The van der Waals surface area contributed by atoms with Crippen molar-refractivity contribution in [3.63, 3.8) is 0 Å². The number of carboxylic acid groups (broad SMARTS) is 1. The van der Waals surface area contributed by atoms with E-state index in [1.807, 2.05) is 6.92 Å². The van der Waals surface area contributed by atoms with E-state index in [4.69, 9.17) is 5.11 Å². The molecule has 0 saturated carbocycles. The van der Waals surface area contributed by atoms with Gasteiger partial charge in [0.2, 0.25) is 0 Å². The Balaban J connectivity index is 3.79. The first-order valence-electron chi connectivity index (χ1n) is 9.87. The zero-order valence-electron chi connectivity index (χ0n) is 15.9. The van der Waals surface area contributed by atoms with Gasteiger partial charge in [-0.3, -0.25) is 4.79 Å². The van der Waals surface area contributed by atoms with E-state index in [0.717, 1.165) is 44.9 Å². The molecular formula is C20H38O5. The van der Waals surface area contributed by atoms with Gasteiger partial charge in [-0.25, -0.2) is 0 Å². The number of hydrogen-bond acceptors (Lipinski definition) is 4. The van der Waals surface area contributed by atoms with E-state index >= 15 is 0 Å². The monoisotopic (exact) mass is 358 g/mol. The molecule has 0 bridgehead atoms. The van der Waals surface area contributed by atoms with Crippen molar-refractivity contribution in [1.29, 1.82) is 0 Å². The van der Waals surface area contributed by atoms with Crippen LogP contribution < -0.4 is 0 Å². The summed E-state index contributed by atoms with van der Waals surface area (Å²) < 4.78 is 0. The minimum atomic E-state index is -0.947. The molecule has 0 aliphatic heterocycles. The van der Waals surface area contributed by atoms with E-state index in [-0.39, 0.29) is 5.92 Å². The molecule has 0 aromatic heterocycles. The number of hydrogen-bond donors (Lipinski definition) is 4. The lowest BCUT2D eigenvalue weighted by molar-refractivity contribution is -0.142. The van der Waals surface area contributed by atoms with Gasteiger partial charge in [0.1, 0.15) is 0 Å². The van der Waals surface area contributed by atoms with Gasteiger partial charge in [-0.05, 0) is 25.7 Å². The Morgan fingerprint density at radius 2 is 1.44 bits per heavy atom. The van der Waals surface area contributed by atoms with Crippen LogP contribution in [0.25, 0.3) is 0 Å². The molecule has 0 rings (SSSR count). The number of aliphatic hydroxyl groups is 3. The van der Waals surface area contributed by atoms with Gasteiger partial charge in [0.15, 0.2) is 0 Å². The molecule has 0 spiro atoms. The first kappa shape index (κ1) is 24.1. The number of aliphatic hydroxyl groups excluding tert-OH is 3. The van der Waals surface area contributed by atoms with Crippen LogP contribution in [0, 0.1) is 5.92 Å². The van der Waals surface area contributed by atoms with Gasteiger partial charge in [-0.2, -0.15) is 0 Å². The molecule has 5 heteroatoms. The van der Waals surface area contributed by atoms with Gasteiger partial charge in [0, 0.05) is 0 Å². The lowest BCUT2D eigenvalue weighted by Gasteiger charge is -2.15. The van der Waals surface area contributed by atoms with Crippen molar-refractivity contribution >= 4 is 5.97 Å². The molecule has 5 nitrogen and oxygen atoms in total. The SMILES string of the molecule is CCCCCC(O)/C=C/C(O)C(O)CCCCCCC(CC)C(=O)O. The maximum absolute atomic E-state index is 10.9. The molecule has 0 radical (unpaired) electrons. The number of aliphatic carboxylic acids is 1. The third-order valence-corrected chi connectivity index (χ3v) is 4.67.